The number of hydrogen-bond donors (Lipinski definition) is 1. The number of alkyl halides is 3. The third-order valence-electron chi connectivity index (χ3n) is 4.66. The maximum atomic E-state index is 13.7. The molecule has 0 spiro atoms. The summed E-state index contributed by atoms with van der Waals surface area (Å²) in [4.78, 5) is 13.7. The highest BCUT2D eigenvalue weighted by Crippen LogP contribution is 2.29. The van der Waals surface area contributed by atoms with Crippen LogP contribution in [0.5, 0.6) is 0 Å². The van der Waals surface area contributed by atoms with Gasteiger partial charge in [0.2, 0.25) is 11.7 Å². The van der Waals surface area contributed by atoms with E-state index in [-0.39, 0.29) is 56.2 Å². The standard InChI is InChI=1S/C17H17F6N5O/c18-11-7-13(20)12(19)6-9(11)5-10(24)1-2-15(29)27-3-4-28-14(8-27)25-26-16(28)17(21,22)23/h6-7,10H,1-5,8,24H2/t10-/m0/s1. The molecule has 2 heterocycles. The average Bonchev–Trinajstić information content (AvgIpc) is 3.07. The van der Waals surface area contributed by atoms with Crippen LogP contribution in [0.15, 0.2) is 12.1 Å². The lowest BCUT2D eigenvalue weighted by molar-refractivity contribution is -0.148. The minimum Gasteiger partial charge on any atom is -0.333 e. The van der Waals surface area contributed by atoms with E-state index in [9.17, 15) is 31.1 Å². The van der Waals surface area contributed by atoms with Gasteiger partial charge < -0.3 is 15.2 Å². The monoisotopic (exact) mass is 421 g/mol. The van der Waals surface area contributed by atoms with Crippen LogP contribution in [0.4, 0.5) is 26.3 Å². The predicted octanol–water partition coefficient (Wildman–Crippen LogP) is 2.41. The Balaban J connectivity index is 1.55. The third kappa shape index (κ3) is 4.69. The van der Waals surface area contributed by atoms with Crippen molar-refractivity contribution in [3.8, 4) is 0 Å². The van der Waals surface area contributed by atoms with Gasteiger partial charge in [-0.15, -0.1) is 10.2 Å². The van der Waals surface area contributed by atoms with Crippen molar-refractivity contribution in [2.75, 3.05) is 6.54 Å². The van der Waals surface area contributed by atoms with E-state index in [0.29, 0.717) is 6.07 Å². The van der Waals surface area contributed by atoms with Crippen molar-refractivity contribution in [2.45, 2.75) is 44.6 Å². The number of amides is 1. The number of fused-ring (bicyclic) bond motifs is 1. The molecule has 1 atom stereocenters. The van der Waals surface area contributed by atoms with Crippen molar-refractivity contribution in [3.05, 3.63) is 46.8 Å². The number of nitrogens with two attached hydrogens (primary N) is 1. The Morgan fingerprint density at radius 2 is 1.79 bits per heavy atom. The van der Waals surface area contributed by atoms with E-state index < -0.39 is 35.5 Å². The Morgan fingerprint density at radius 1 is 1.10 bits per heavy atom. The first-order valence-corrected chi connectivity index (χ1v) is 8.72. The summed E-state index contributed by atoms with van der Waals surface area (Å²) in [7, 11) is 0. The molecule has 0 fully saturated rings. The van der Waals surface area contributed by atoms with Crippen LogP contribution >= 0.6 is 0 Å². The van der Waals surface area contributed by atoms with Crippen molar-refractivity contribution >= 4 is 5.91 Å². The highest BCUT2D eigenvalue weighted by molar-refractivity contribution is 5.76. The van der Waals surface area contributed by atoms with Crippen LogP contribution in [-0.2, 0) is 30.5 Å². The number of rotatable bonds is 5. The molecular formula is C17H17F6N5O. The molecule has 0 aliphatic carbocycles. The van der Waals surface area contributed by atoms with Crippen LogP contribution in [0, 0.1) is 17.5 Å². The van der Waals surface area contributed by atoms with Crippen molar-refractivity contribution in [2.24, 2.45) is 5.73 Å². The summed E-state index contributed by atoms with van der Waals surface area (Å²) in [6, 6.07) is 0.465. The minimum atomic E-state index is -4.63. The fourth-order valence-electron chi connectivity index (χ4n) is 3.15. The smallest absolute Gasteiger partial charge is 0.333 e. The lowest BCUT2D eigenvalue weighted by Gasteiger charge is -2.28. The minimum absolute atomic E-state index is 0.0325. The van der Waals surface area contributed by atoms with Gasteiger partial charge in [-0.25, -0.2) is 13.2 Å². The topological polar surface area (TPSA) is 77.0 Å². The largest absolute Gasteiger partial charge is 0.451 e. The Bertz CT molecular complexity index is 912. The Hall–Kier alpha value is -2.63. The molecule has 1 aromatic carbocycles. The number of benzene rings is 1. The van der Waals surface area contributed by atoms with E-state index in [4.69, 9.17) is 5.73 Å². The first-order chi connectivity index (χ1) is 13.6. The van der Waals surface area contributed by atoms with E-state index >= 15 is 0 Å². The number of hydrogen-bond acceptors (Lipinski definition) is 4. The maximum absolute atomic E-state index is 13.7. The molecule has 1 aliphatic rings. The molecule has 0 unspecified atom stereocenters. The molecule has 3 rings (SSSR count). The number of aromatic nitrogens is 3. The number of carbonyl (C=O) groups is 1. The Labute approximate surface area is 161 Å². The number of halogens is 6. The highest BCUT2D eigenvalue weighted by Gasteiger charge is 2.39. The van der Waals surface area contributed by atoms with Crippen LogP contribution in [0.3, 0.4) is 0 Å². The molecule has 2 N–H and O–H groups in total. The number of carbonyl (C=O) groups excluding carboxylic acids is 1. The second-order valence-corrected chi connectivity index (χ2v) is 6.77. The summed E-state index contributed by atoms with van der Waals surface area (Å²) in [6.07, 6.45) is -4.63. The molecule has 1 aromatic heterocycles. The molecule has 6 nitrogen and oxygen atoms in total. The summed E-state index contributed by atoms with van der Waals surface area (Å²) in [5.74, 6) is -4.85. The van der Waals surface area contributed by atoms with Gasteiger partial charge in [0.05, 0.1) is 6.54 Å². The van der Waals surface area contributed by atoms with E-state index in [1.54, 1.807) is 0 Å². The van der Waals surface area contributed by atoms with E-state index in [0.717, 1.165) is 10.6 Å². The fourth-order valence-corrected chi connectivity index (χ4v) is 3.15. The fraction of sp³-hybridized carbons (Fsp3) is 0.471. The van der Waals surface area contributed by atoms with Crippen LogP contribution in [0.2, 0.25) is 0 Å². The lowest BCUT2D eigenvalue weighted by atomic mass is 10.0. The molecule has 1 amide bonds. The van der Waals surface area contributed by atoms with Gasteiger partial charge in [-0.05, 0) is 24.5 Å². The molecule has 1 aliphatic heterocycles. The zero-order valence-electron chi connectivity index (χ0n) is 15.0. The average molecular weight is 421 g/mol. The zero-order valence-corrected chi connectivity index (χ0v) is 15.0. The van der Waals surface area contributed by atoms with E-state index in [1.807, 2.05) is 0 Å². The Kier molecular flexibility index (Phi) is 5.82. The molecule has 0 saturated heterocycles. The van der Waals surface area contributed by atoms with Gasteiger partial charge in [0.25, 0.3) is 0 Å². The van der Waals surface area contributed by atoms with Crippen LogP contribution in [-0.4, -0.2) is 38.2 Å². The second kappa shape index (κ2) is 8.01. The molecule has 0 radical (unpaired) electrons. The summed E-state index contributed by atoms with van der Waals surface area (Å²) in [6.45, 7) is -0.149. The summed E-state index contributed by atoms with van der Waals surface area (Å²) in [5.41, 5.74) is 5.76. The van der Waals surface area contributed by atoms with Gasteiger partial charge in [-0.3, -0.25) is 4.79 Å². The zero-order chi connectivity index (χ0) is 21.3. The highest BCUT2D eigenvalue weighted by atomic mass is 19.4. The first-order valence-electron chi connectivity index (χ1n) is 8.72. The number of nitrogens with zero attached hydrogens (tertiary/aromatic N) is 4. The summed E-state index contributed by atoms with van der Waals surface area (Å²) < 4.78 is 79.3. The summed E-state index contributed by atoms with van der Waals surface area (Å²) in [5, 5.41) is 6.64. The molecular weight excluding hydrogens is 404 g/mol. The van der Waals surface area contributed by atoms with Gasteiger partial charge in [-0.1, -0.05) is 0 Å². The van der Waals surface area contributed by atoms with Crippen molar-refractivity contribution < 1.29 is 31.1 Å². The molecule has 158 valence electrons. The maximum Gasteiger partial charge on any atom is 0.451 e. The molecule has 12 heteroatoms. The van der Waals surface area contributed by atoms with Gasteiger partial charge in [0.1, 0.15) is 5.82 Å². The predicted molar refractivity (Wildman–Crippen MR) is 87.7 cm³/mol. The molecule has 2 aromatic rings. The van der Waals surface area contributed by atoms with Gasteiger partial charge >= 0.3 is 6.18 Å². The third-order valence-corrected chi connectivity index (χ3v) is 4.66. The SMILES string of the molecule is N[C@@H](CCC(=O)N1CCn2c(nnc2C(F)(F)F)C1)Cc1cc(F)c(F)cc1F. The molecule has 0 saturated carbocycles. The van der Waals surface area contributed by atoms with Crippen molar-refractivity contribution in [3.63, 3.8) is 0 Å². The van der Waals surface area contributed by atoms with Gasteiger partial charge in [0.15, 0.2) is 17.5 Å². The van der Waals surface area contributed by atoms with Gasteiger partial charge in [0, 0.05) is 31.6 Å². The van der Waals surface area contributed by atoms with E-state index in [2.05, 4.69) is 10.2 Å². The van der Waals surface area contributed by atoms with Crippen LogP contribution in [0.1, 0.15) is 30.1 Å². The summed E-state index contributed by atoms with van der Waals surface area (Å²) >= 11 is 0. The van der Waals surface area contributed by atoms with E-state index in [1.165, 1.54) is 4.90 Å². The molecule has 29 heavy (non-hydrogen) atoms. The van der Waals surface area contributed by atoms with Crippen LogP contribution < -0.4 is 5.73 Å². The first kappa shape index (κ1) is 21.1. The molecule has 0 bridgehead atoms. The quantitative estimate of drug-likeness (QED) is 0.594. The van der Waals surface area contributed by atoms with Crippen molar-refractivity contribution in [1.82, 2.24) is 19.7 Å². The van der Waals surface area contributed by atoms with Crippen molar-refractivity contribution in [1.29, 1.82) is 0 Å². The Morgan fingerprint density at radius 3 is 2.48 bits per heavy atom. The normalized spacial score (nSPS) is 15.3. The van der Waals surface area contributed by atoms with Crippen LogP contribution in [0.25, 0.3) is 0 Å². The van der Waals surface area contributed by atoms with Gasteiger partial charge in [-0.2, -0.15) is 13.2 Å². The lowest BCUT2D eigenvalue weighted by Crippen LogP contribution is -2.40. The second-order valence-electron chi connectivity index (χ2n) is 6.77.